The molecule has 1 aliphatic carbocycles. The molecule has 1 fully saturated rings. The molecular formula is C13H20N2O2S. The number of carbonyl (C=O) groups is 1. The van der Waals surface area contributed by atoms with Gasteiger partial charge in [0.25, 0.3) is 0 Å². The molecule has 2 atom stereocenters. The first kappa shape index (κ1) is 13.3. The molecule has 1 aliphatic rings. The predicted molar refractivity (Wildman–Crippen MR) is 72.9 cm³/mol. The topological polar surface area (TPSA) is 51.2 Å². The Labute approximate surface area is 112 Å². The number of nitrogens with zero attached hydrogens (tertiary/aromatic N) is 1. The summed E-state index contributed by atoms with van der Waals surface area (Å²) < 4.78 is 4.89. The zero-order chi connectivity index (χ0) is 13.0. The highest BCUT2D eigenvalue weighted by atomic mass is 32.1. The van der Waals surface area contributed by atoms with E-state index in [4.69, 9.17) is 4.74 Å². The molecule has 100 valence electrons. The number of ether oxygens (including phenoxy) is 1. The second-order valence-corrected chi connectivity index (χ2v) is 5.46. The van der Waals surface area contributed by atoms with Crippen LogP contribution in [-0.4, -0.2) is 23.6 Å². The van der Waals surface area contributed by atoms with Crippen LogP contribution in [-0.2, 0) is 16.0 Å². The van der Waals surface area contributed by atoms with E-state index >= 15 is 0 Å². The number of hydrogen-bond acceptors (Lipinski definition) is 5. The van der Waals surface area contributed by atoms with Crippen molar-refractivity contribution >= 4 is 22.4 Å². The summed E-state index contributed by atoms with van der Waals surface area (Å²) in [5.74, 6) is 0.671. The number of hydrogen-bond donors (Lipinski definition) is 1. The standard InChI is InChI=1S/C13H20N2O2S/c1-3-9-7-11(9)15-13-14-10(8-18-13)5-6-12(16)17-4-2/h8-9,11H,3-7H2,1-2H3,(H,14,15). The van der Waals surface area contributed by atoms with Crippen molar-refractivity contribution in [3.63, 3.8) is 0 Å². The van der Waals surface area contributed by atoms with Crippen molar-refractivity contribution in [1.82, 2.24) is 4.98 Å². The first-order valence-corrected chi connectivity index (χ1v) is 7.47. The van der Waals surface area contributed by atoms with E-state index in [-0.39, 0.29) is 5.97 Å². The van der Waals surface area contributed by atoms with Gasteiger partial charge in [-0.2, -0.15) is 0 Å². The minimum absolute atomic E-state index is 0.145. The average molecular weight is 268 g/mol. The van der Waals surface area contributed by atoms with E-state index in [0.29, 0.717) is 25.5 Å². The van der Waals surface area contributed by atoms with Gasteiger partial charge in [-0.15, -0.1) is 11.3 Å². The maximum absolute atomic E-state index is 11.2. The normalized spacial score (nSPS) is 21.7. The van der Waals surface area contributed by atoms with Crippen molar-refractivity contribution in [1.29, 1.82) is 0 Å². The van der Waals surface area contributed by atoms with Gasteiger partial charge in [-0.1, -0.05) is 13.3 Å². The van der Waals surface area contributed by atoms with Gasteiger partial charge in [-0.25, -0.2) is 4.98 Å². The molecule has 0 radical (unpaired) electrons. The molecule has 1 aromatic heterocycles. The Morgan fingerprint density at radius 3 is 3.11 bits per heavy atom. The van der Waals surface area contributed by atoms with Gasteiger partial charge < -0.3 is 10.1 Å². The molecule has 0 bridgehead atoms. The molecule has 2 rings (SSSR count). The van der Waals surface area contributed by atoms with Crippen LogP contribution in [0.1, 0.15) is 38.8 Å². The number of thiazole rings is 1. The molecule has 5 heteroatoms. The molecule has 1 saturated carbocycles. The van der Waals surface area contributed by atoms with E-state index in [1.165, 1.54) is 12.8 Å². The summed E-state index contributed by atoms with van der Waals surface area (Å²) in [5.41, 5.74) is 0.976. The largest absolute Gasteiger partial charge is 0.466 e. The number of rotatable bonds is 7. The zero-order valence-corrected chi connectivity index (χ0v) is 11.8. The predicted octanol–water partition coefficient (Wildman–Crippen LogP) is 2.85. The van der Waals surface area contributed by atoms with E-state index < -0.39 is 0 Å². The Balaban J connectivity index is 1.74. The minimum Gasteiger partial charge on any atom is -0.466 e. The molecule has 0 amide bonds. The summed E-state index contributed by atoms with van der Waals surface area (Å²) in [6.45, 7) is 4.49. The van der Waals surface area contributed by atoms with Crippen molar-refractivity contribution < 1.29 is 9.53 Å². The lowest BCUT2D eigenvalue weighted by molar-refractivity contribution is -0.143. The summed E-state index contributed by atoms with van der Waals surface area (Å²) in [7, 11) is 0. The highest BCUT2D eigenvalue weighted by Gasteiger charge is 2.35. The first-order valence-electron chi connectivity index (χ1n) is 6.59. The van der Waals surface area contributed by atoms with E-state index in [0.717, 1.165) is 16.7 Å². The fourth-order valence-electron chi connectivity index (χ4n) is 1.99. The SMILES string of the molecule is CCOC(=O)CCc1csc(NC2CC2CC)n1. The van der Waals surface area contributed by atoms with Crippen molar-refractivity contribution in [3.05, 3.63) is 11.1 Å². The maximum atomic E-state index is 11.2. The molecular weight excluding hydrogens is 248 g/mol. The fourth-order valence-corrected chi connectivity index (χ4v) is 2.79. The molecule has 4 nitrogen and oxygen atoms in total. The molecule has 0 aromatic carbocycles. The molecule has 2 unspecified atom stereocenters. The van der Waals surface area contributed by atoms with E-state index in [1.54, 1.807) is 11.3 Å². The molecule has 0 aliphatic heterocycles. The highest BCUT2D eigenvalue weighted by Crippen LogP contribution is 2.36. The van der Waals surface area contributed by atoms with Crippen LogP contribution < -0.4 is 5.32 Å². The fraction of sp³-hybridized carbons (Fsp3) is 0.692. The van der Waals surface area contributed by atoms with Crippen LogP contribution in [0.25, 0.3) is 0 Å². The third-order valence-corrected chi connectivity index (χ3v) is 4.02. The smallest absolute Gasteiger partial charge is 0.306 e. The van der Waals surface area contributed by atoms with Crippen LogP contribution in [0.5, 0.6) is 0 Å². The monoisotopic (exact) mass is 268 g/mol. The van der Waals surface area contributed by atoms with Gasteiger partial charge in [0.15, 0.2) is 5.13 Å². The van der Waals surface area contributed by atoms with Crippen LogP contribution >= 0.6 is 11.3 Å². The van der Waals surface area contributed by atoms with Crippen molar-refractivity contribution in [3.8, 4) is 0 Å². The number of esters is 1. The third-order valence-electron chi connectivity index (χ3n) is 3.20. The molecule has 0 saturated heterocycles. The van der Waals surface area contributed by atoms with Crippen LogP contribution in [0.2, 0.25) is 0 Å². The van der Waals surface area contributed by atoms with Gasteiger partial charge in [-0.05, 0) is 19.3 Å². The molecule has 1 aromatic rings. The lowest BCUT2D eigenvalue weighted by Crippen LogP contribution is -2.06. The summed E-state index contributed by atoms with van der Waals surface area (Å²) in [6, 6.07) is 0.610. The Bertz CT molecular complexity index is 405. The first-order chi connectivity index (χ1) is 8.72. The van der Waals surface area contributed by atoms with Crippen molar-refractivity contribution in [2.75, 3.05) is 11.9 Å². The number of anilines is 1. The van der Waals surface area contributed by atoms with Gasteiger partial charge in [0.05, 0.1) is 18.7 Å². The van der Waals surface area contributed by atoms with Gasteiger partial charge in [-0.3, -0.25) is 4.79 Å². The summed E-state index contributed by atoms with van der Waals surface area (Å²) in [6.07, 6.45) is 3.57. The Hall–Kier alpha value is -1.10. The lowest BCUT2D eigenvalue weighted by atomic mass is 10.2. The molecule has 18 heavy (non-hydrogen) atoms. The summed E-state index contributed by atoms with van der Waals surface area (Å²) in [4.78, 5) is 15.7. The maximum Gasteiger partial charge on any atom is 0.306 e. The van der Waals surface area contributed by atoms with Gasteiger partial charge in [0.1, 0.15) is 0 Å². The van der Waals surface area contributed by atoms with E-state index in [1.807, 2.05) is 12.3 Å². The van der Waals surface area contributed by atoms with E-state index in [9.17, 15) is 4.79 Å². The van der Waals surface area contributed by atoms with Gasteiger partial charge >= 0.3 is 5.97 Å². The van der Waals surface area contributed by atoms with Crippen molar-refractivity contribution in [2.45, 2.75) is 45.6 Å². The number of nitrogens with one attached hydrogen (secondary N) is 1. The summed E-state index contributed by atoms with van der Waals surface area (Å²) >= 11 is 1.62. The average Bonchev–Trinajstić information content (AvgIpc) is 2.95. The zero-order valence-electron chi connectivity index (χ0n) is 10.9. The summed E-state index contributed by atoms with van der Waals surface area (Å²) in [5, 5.41) is 6.44. The Morgan fingerprint density at radius 1 is 1.61 bits per heavy atom. The number of aryl methyl sites for hydroxylation is 1. The van der Waals surface area contributed by atoms with Crippen molar-refractivity contribution in [2.24, 2.45) is 5.92 Å². The van der Waals surface area contributed by atoms with Crippen LogP contribution in [0.15, 0.2) is 5.38 Å². The van der Waals surface area contributed by atoms with E-state index in [2.05, 4.69) is 17.2 Å². The minimum atomic E-state index is -0.145. The Kier molecular flexibility index (Phi) is 4.58. The molecule has 0 spiro atoms. The molecule has 1 N–H and O–H groups in total. The number of aromatic nitrogens is 1. The van der Waals surface area contributed by atoms with Gasteiger partial charge in [0.2, 0.25) is 0 Å². The molecule has 1 heterocycles. The van der Waals surface area contributed by atoms with Gasteiger partial charge in [0, 0.05) is 17.8 Å². The Morgan fingerprint density at radius 2 is 2.44 bits per heavy atom. The third kappa shape index (κ3) is 3.70. The quantitative estimate of drug-likeness (QED) is 0.773. The number of carbonyl (C=O) groups excluding carboxylic acids is 1. The second kappa shape index (κ2) is 6.18. The van der Waals surface area contributed by atoms with Crippen LogP contribution in [0, 0.1) is 5.92 Å². The van der Waals surface area contributed by atoms with Crippen LogP contribution in [0.3, 0.4) is 0 Å². The second-order valence-electron chi connectivity index (χ2n) is 4.60. The lowest BCUT2D eigenvalue weighted by Gasteiger charge is -2.00. The highest BCUT2D eigenvalue weighted by molar-refractivity contribution is 7.13. The van der Waals surface area contributed by atoms with Crippen LogP contribution in [0.4, 0.5) is 5.13 Å².